The van der Waals surface area contributed by atoms with Crippen LogP contribution in [0.5, 0.6) is 0 Å². The van der Waals surface area contributed by atoms with E-state index in [0.29, 0.717) is 12.8 Å². The van der Waals surface area contributed by atoms with Crippen molar-refractivity contribution in [2.75, 3.05) is 13.2 Å². The zero-order valence-electron chi connectivity index (χ0n) is 43.4. The molecule has 1 heterocycles. The summed E-state index contributed by atoms with van der Waals surface area (Å²) in [5.41, 5.74) is 0. The van der Waals surface area contributed by atoms with E-state index in [-0.39, 0.29) is 12.8 Å². The van der Waals surface area contributed by atoms with E-state index in [2.05, 4.69) is 31.3 Å². The number of hydrogen-bond donors (Lipinski definition) is 8. The molecule has 1 amide bonds. The minimum atomic E-state index is -1.66. The number of unbranched alkanes of at least 4 members (excludes halogenated alkanes) is 35. The molecule has 11 heteroatoms. The van der Waals surface area contributed by atoms with Crippen molar-refractivity contribution in [2.45, 2.75) is 326 Å². The Morgan fingerprint density at radius 2 is 0.881 bits per heavy atom. The fourth-order valence-electron chi connectivity index (χ4n) is 9.39. The zero-order valence-corrected chi connectivity index (χ0v) is 43.4. The van der Waals surface area contributed by atoms with E-state index in [0.717, 1.165) is 38.5 Å². The molecule has 398 valence electrons. The van der Waals surface area contributed by atoms with Crippen molar-refractivity contribution in [3.8, 4) is 0 Å². The zero-order chi connectivity index (χ0) is 49.0. The molecule has 0 aromatic rings. The van der Waals surface area contributed by atoms with Crippen molar-refractivity contribution in [3.05, 3.63) is 12.2 Å². The van der Waals surface area contributed by atoms with Gasteiger partial charge in [0.2, 0.25) is 5.91 Å². The van der Waals surface area contributed by atoms with Gasteiger partial charge in [-0.05, 0) is 38.5 Å². The van der Waals surface area contributed by atoms with Crippen LogP contribution in [-0.4, -0.2) is 110 Å². The average molecular weight is 956 g/mol. The third-order valence-corrected chi connectivity index (χ3v) is 14.1. The minimum absolute atomic E-state index is 0.259. The van der Waals surface area contributed by atoms with Crippen LogP contribution in [0.3, 0.4) is 0 Å². The molecule has 0 spiro atoms. The van der Waals surface area contributed by atoms with E-state index in [4.69, 9.17) is 9.47 Å². The lowest BCUT2D eigenvalue weighted by molar-refractivity contribution is -0.303. The quantitative estimate of drug-likeness (QED) is 0.0215. The highest BCUT2D eigenvalue weighted by atomic mass is 16.7. The Bertz CT molecular complexity index is 1100. The summed E-state index contributed by atoms with van der Waals surface area (Å²) in [7, 11) is 0. The van der Waals surface area contributed by atoms with Crippen LogP contribution in [-0.2, 0) is 14.3 Å². The van der Waals surface area contributed by atoms with E-state index in [1.807, 2.05) is 0 Å². The molecule has 9 unspecified atom stereocenters. The van der Waals surface area contributed by atoms with Crippen LogP contribution in [0.15, 0.2) is 12.2 Å². The van der Waals surface area contributed by atoms with Crippen LogP contribution in [0, 0.1) is 0 Å². The first-order valence-electron chi connectivity index (χ1n) is 28.6. The van der Waals surface area contributed by atoms with E-state index >= 15 is 0 Å². The van der Waals surface area contributed by atoms with Crippen LogP contribution in [0.1, 0.15) is 271 Å². The van der Waals surface area contributed by atoms with Crippen molar-refractivity contribution in [3.63, 3.8) is 0 Å². The molecule has 67 heavy (non-hydrogen) atoms. The number of aliphatic hydroxyl groups excluding tert-OH is 7. The van der Waals surface area contributed by atoms with Crippen LogP contribution in [0.2, 0.25) is 0 Å². The van der Waals surface area contributed by atoms with Gasteiger partial charge >= 0.3 is 0 Å². The first kappa shape index (κ1) is 63.9. The normalized spacial score (nSPS) is 20.6. The van der Waals surface area contributed by atoms with E-state index in [1.54, 1.807) is 0 Å². The number of rotatable bonds is 49. The number of ether oxygens (including phenoxy) is 2. The van der Waals surface area contributed by atoms with Gasteiger partial charge in [-0.3, -0.25) is 4.79 Å². The number of hydrogen-bond acceptors (Lipinski definition) is 10. The Balaban J connectivity index is 2.23. The maximum absolute atomic E-state index is 13.1. The van der Waals surface area contributed by atoms with Gasteiger partial charge in [0.15, 0.2) is 6.29 Å². The second-order valence-corrected chi connectivity index (χ2v) is 20.4. The number of carbonyl (C=O) groups excluding carboxylic acids is 1. The highest BCUT2D eigenvalue weighted by Gasteiger charge is 2.44. The fraction of sp³-hybridized carbons (Fsp3) is 0.946. The number of allylic oxidation sites excluding steroid dienone is 2. The summed E-state index contributed by atoms with van der Waals surface area (Å²) in [6, 6.07) is -1.18. The Kier molecular flexibility index (Phi) is 43.8. The molecule has 0 radical (unpaired) electrons. The summed E-state index contributed by atoms with van der Waals surface area (Å²) in [5.74, 6) is -0.702. The molecule has 0 aromatic carbocycles. The summed E-state index contributed by atoms with van der Waals surface area (Å²) < 4.78 is 11.1. The van der Waals surface area contributed by atoms with Gasteiger partial charge in [-0.15, -0.1) is 0 Å². The molecule has 1 aliphatic rings. The fourth-order valence-corrected chi connectivity index (χ4v) is 9.39. The maximum atomic E-state index is 13.1. The molecular weight excluding hydrogens is 847 g/mol. The third-order valence-electron chi connectivity index (χ3n) is 14.1. The Morgan fingerprint density at radius 3 is 1.28 bits per heavy atom. The number of amides is 1. The number of aliphatic hydroxyl groups is 7. The lowest BCUT2D eigenvalue weighted by atomic mass is 9.98. The van der Waals surface area contributed by atoms with Gasteiger partial charge in [0.05, 0.1) is 25.4 Å². The second kappa shape index (κ2) is 46.0. The third kappa shape index (κ3) is 34.8. The van der Waals surface area contributed by atoms with Gasteiger partial charge in [0.1, 0.15) is 36.6 Å². The molecule has 0 saturated carbocycles. The topological polar surface area (TPSA) is 189 Å². The largest absolute Gasteiger partial charge is 0.394 e. The molecule has 8 N–H and O–H groups in total. The van der Waals surface area contributed by atoms with Crippen molar-refractivity contribution in [1.82, 2.24) is 5.32 Å². The van der Waals surface area contributed by atoms with Crippen molar-refractivity contribution in [1.29, 1.82) is 0 Å². The van der Waals surface area contributed by atoms with E-state index < -0.39 is 74.2 Å². The number of nitrogens with one attached hydrogen (secondary N) is 1. The standard InChI is InChI=1S/C56H109NO10/c1-3-5-7-9-11-13-15-17-18-19-20-21-22-23-24-25-26-27-28-29-30-31-32-34-36-38-40-42-44-49(60)55(65)57-47(46-66-56-54(64)53(63)52(62)50(45-58)67-56)51(61)48(59)43-41-39-37-35-33-16-14-12-10-8-6-4-2/h35,37,47-54,56,58-64H,3-34,36,38-46H2,1-2H3,(H,57,65)/b37-35+. The molecule has 0 bridgehead atoms. The minimum Gasteiger partial charge on any atom is -0.394 e. The van der Waals surface area contributed by atoms with Crippen LogP contribution < -0.4 is 5.32 Å². The summed E-state index contributed by atoms with van der Waals surface area (Å²) in [6.45, 7) is 3.44. The van der Waals surface area contributed by atoms with Crippen molar-refractivity contribution >= 4 is 5.91 Å². The summed E-state index contributed by atoms with van der Waals surface area (Å²) in [4.78, 5) is 13.1. The lowest BCUT2D eigenvalue weighted by Crippen LogP contribution is -2.60. The first-order chi connectivity index (χ1) is 32.7. The molecule has 0 aromatic heterocycles. The average Bonchev–Trinajstić information content (AvgIpc) is 3.33. The Labute approximate surface area is 411 Å². The highest BCUT2D eigenvalue weighted by molar-refractivity contribution is 5.80. The van der Waals surface area contributed by atoms with Crippen molar-refractivity contribution in [2.24, 2.45) is 0 Å². The monoisotopic (exact) mass is 956 g/mol. The summed E-state index contributed by atoms with van der Waals surface area (Å²) in [5, 5.41) is 75.9. The molecule has 1 saturated heterocycles. The van der Waals surface area contributed by atoms with E-state index in [9.17, 15) is 40.5 Å². The first-order valence-corrected chi connectivity index (χ1v) is 28.6. The van der Waals surface area contributed by atoms with Crippen LogP contribution in [0.4, 0.5) is 0 Å². The SMILES string of the molecule is CCCCCCCCC/C=C/CCCC(O)C(O)C(COC1OC(CO)C(O)C(O)C1O)NC(=O)C(O)CCCCCCCCCCCCCCCCCCCCCCCCCCCCCC. The molecule has 1 rings (SSSR count). The number of carbonyl (C=O) groups is 1. The Morgan fingerprint density at radius 1 is 0.507 bits per heavy atom. The second-order valence-electron chi connectivity index (χ2n) is 20.4. The maximum Gasteiger partial charge on any atom is 0.249 e. The van der Waals surface area contributed by atoms with Gasteiger partial charge in [-0.25, -0.2) is 0 Å². The van der Waals surface area contributed by atoms with Crippen LogP contribution in [0.25, 0.3) is 0 Å². The van der Waals surface area contributed by atoms with Gasteiger partial charge in [0, 0.05) is 0 Å². The van der Waals surface area contributed by atoms with Crippen LogP contribution >= 0.6 is 0 Å². The molecule has 9 atom stereocenters. The summed E-state index contributed by atoms with van der Waals surface area (Å²) >= 11 is 0. The smallest absolute Gasteiger partial charge is 0.249 e. The Hall–Kier alpha value is -1.15. The summed E-state index contributed by atoms with van der Waals surface area (Å²) in [6.07, 6.45) is 41.5. The predicted octanol–water partition coefficient (Wildman–Crippen LogP) is 11.6. The van der Waals surface area contributed by atoms with E-state index in [1.165, 1.54) is 193 Å². The highest BCUT2D eigenvalue weighted by Crippen LogP contribution is 2.23. The molecular formula is C56H109NO10. The molecule has 11 nitrogen and oxygen atoms in total. The molecule has 0 aliphatic carbocycles. The predicted molar refractivity (Wildman–Crippen MR) is 275 cm³/mol. The van der Waals surface area contributed by atoms with Crippen molar-refractivity contribution < 1.29 is 50.0 Å². The molecule has 1 fully saturated rings. The van der Waals surface area contributed by atoms with Gasteiger partial charge < -0.3 is 50.5 Å². The molecule has 1 aliphatic heterocycles. The van der Waals surface area contributed by atoms with Gasteiger partial charge in [0.25, 0.3) is 0 Å². The van der Waals surface area contributed by atoms with Gasteiger partial charge in [-0.1, -0.05) is 244 Å². The lowest BCUT2D eigenvalue weighted by Gasteiger charge is -2.40. The van der Waals surface area contributed by atoms with Gasteiger partial charge in [-0.2, -0.15) is 0 Å².